The highest BCUT2D eigenvalue weighted by atomic mass is 16.3. The number of nitrogens with one attached hydrogen (secondary N) is 1. The molecule has 2 N–H and O–H groups in total. The first-order valence-corrected chi connectivity index (χ1v) is 5.81. The van der Waals surface area contributed by atoms with E-state index >= 15 is 0 Å². The van der Waals surface area contributed by atoms with Crippen LogP contribution in [0.25, 0.3) is 5.65 Å². The van der Waals surface area contributed by atoms with Gasteiger partial charge in [-0.3, -0.25) is 0 Å². The van der Waals surface area contributed by atoms with Crippen molar-refractivity contribution in [3.8, 4) is 0 Å². The number of nitrogens with zero attached hydrogens (tertiary/aromatic N) is 3. The average molecular weight is 234 g/mol. The Morgan fingerprint density at radius 1 is 1.53 bits per heavy atom. The minimum absolute atomic E-state index is 0.211. The molecule has 0 aliphatic rings. The third-order valence-electron chi connectivity index (χ3n) is 2.62. The van der Waals surface area contributed by atoms with E-state index < -0.39 is 0 Å². The molecule has 2 aromatic heterocycles. The number of aromatic nitrogens is 3. The maximum atomic E-state index is 8.91. The van der Waals surface area contributed by atoms with Gasteiger partial charge < -0.3 is 10.4 Å². The summed E-state index contributed by atoms with van der Waals surface area (Å²) in [5.41, 5.74) is 2.93. The molecule has 5 heteroatoms. The van der Waals surface area contributed by atoms with Gasteiger partial charge in [0.15, 0.2) is 5.65 Å². The van der Waals surface area contributed by atoms with E-state index in [4.69, 9.17) is 5.11 Å². The highest BCUT2D eigenvalue weighted by Gasteiger charge is 2.02. The van der Waals surface area contributed by atoms with Gasteiger partial charge in [-0.25, -0.2) is 9.50 Å². The van der Waals surface area contributed by atoms with E-state index in [1.54, 1.807) is 4.52 Å². The summed E-state index contributed by atoms with van der Waals surface area (Å²) in [5, 5.41) is 16.5. The zero-order valence-corrected chi connectivity index (χ0v) is 10.2. The van der Waals surface area contributed by atoms with Crippen LogP contribution in [-0.2, 0) is 6.54 Å². The van der Waals surface area contributed by atoms with E-state index in [0.717, 1.165) is 30.0 Å². The Labute approximate surface area is 100 Å². The van der Waals surface area contributed by atoms with Crippen LogP contribution in [0.2, 0.25) is 0 Å². The lowest BCUT2D eigenvalue weighted by Gasteiger charge is -2.09. The fourth-order valence-corrected chi connectivity index (χ4v) is 1.65. The molecule has 0 spiro atoms. The van der Waals surface area contributed by atoms with E-state index in [1.165, 1.54) is 0 Å². The van der Waals surface area contributed by atoms with Gasteiger partial charge in [0.25, 0.3) is 0 Å². The van der Waals surface area contributed by atoms with Crippen LogP contribution in [0.4, 0.5) is 0 Å². The Balaban J connectivity index is 1.99. The molecule has 1 unspecified atom stereocenters. The molecule has 2 aromatic rings. The van der Waals surface area contributed by atoms with Crippen molar-refractivity contribution >= 4 is 5.65 Å². The normalized spacial score (nSPS) is 13.1. The van der Waals surface area contributed by atoms with Crippen LogP contribution in [0.15, 0.2) is 18.5 Å². The Bertz CT molecular complexity index is 494. The Morgan fingerprint density at radius 3 is 3.12 bits per heavy atom. The molecule has 0 aliphatic carbocycles. The summed E-state index contributed by atoms with van der Waals surface area (Å²) in [6.45, 7) is 5.71. The summed E-state index contributed by atoms with van der Waals surface area (Å²) in [6.07, 6.45) is 3.83. The van der Waals surface area contributed by atoms with Gasteiger partial charge >= 0.3 is 0 Å². The van der Waals surface area contributed by atoms with Crippen molar-refractivity contribution in [2.24, 2.45) is 5.92 Å². The van der Waals surface area contributed by atoms with Crippen LogP contribution in [-0.4, -0.2) is 32.9 Å². The molecule has 5 nitrogen and oxygen atoms in total. The number of aliphatic hydroxyl groups excluding tert-OH is 1. The van der Waals surface area contributed by atoms with E-state index in [9.17, 15) is 0 Å². The molecule has 2 rings (SSSR count). The molecule has 0 saturated carbocycles. The van der Waals surface area contributed by atoms with Gasteiger partial charge in [0.2, 0.25) is 0 Å². The van der Waals surface area contributed by atoms with Gasteiger partial charge in [0, 0.05) is 43.7 Å². The second-order valence-electron chi connectivity index (χ2n) is 4.47. The first-order valence-electron chi connectivity index (χ1n) is 5.81. The van der Waals surface area contributed by atoms with Crippen LogP contribution >= 0.6 is 0 Å². The van der Waals surface area contributed by atoms with Gasteiger partial charge in [0.05, 0.1) is 5.69 Å². The molecule has 0 aliphatic heterocycles. The van der Waals surface area contributed by atoms with Crippen molar-refractivity contribution in [3.05, 3.63) is 29.7 Å². The zero-order chi connectivity index (χ0) is 12.3. The molecule has 2 heterocycles. The number of fused-ring (bicyclic) bond motifs is 1. The van der Waals surface area contributed by atoms with Crippen LogP contribution in [0.3, 0.4) is 0 Å². The summed E-state index contributed by atoms with van der Waals surface area (Å²) >= 11 is 0. The van der Waals surface area contributed by atoms with Gasteiger partial charge in [-0.05, 0) is 12.8 Å². The smallest absolute Gasteiger partial charge is 0.155 e. The lowest BCUT2D eigenvalue weighted by Crippen LogP contribution is -2.23. The Kier molecular flexibility index (Phi) is 3.71. The third-order valence-corrected chi connectivity index (χ3v) is 2.62. The van der Waals surface area contributed by atoms with Crippen molar-refractivity contribution < 1.29 is 5.11 Å². The summed E-state index contributed by atoms with van der Waals surface area (Å²) in [5.74, 6) is 0.277. The largest absolute Gasteiger partial charge is 0.396 e. The van der Waals surface area contributed by atoms with Crippen LogP contribution in [0.1, 0.15) is 18.2 Å². The molecule has 0 saturated heterocycles. The topological polar surface area (TPSA) is 62.5 Å². The van der Waals surface area contributed by atoms with E-state index in [2.05, 4.69) is 15.4 Å². The summed E-state index contributed by atoms with van der Waals surface area (Å²) < 4.78 is 1.79. The molecule has 0 aromatic carbocycles. The molecule has 0 amide bonds. The van der Waals surface area contributed by atoms with Crippen molar-refractivity contribution in [1.29, 1.82) is 0 Å². The molecule has 1 atom stereocenters. The lowest BCUT2D eigenvalue weighted by molar-refractivity contribution is 0.233. The van der Waals surface area contributed by atoms with Gasteiger partial charge in [0.1, 0.15) is 0 Å². The molecule has 0 fully saturated rings. The number of hydrogen-bond acceptors (Lipinski definition) is 4. The predicted molar refractivity (Wildman–Crippen MR) is 65.7 cm³/mol. The fourth-order valence-electron chi connectivity index (χ4n) is 1.65. The first-order chi connectivity index (χ1) is 8.19. The van der Waals surface area contributed by atoms with Crippen LogP contribution < -0.4 is 5.32 Å². The van der Waals surface area contributed by atoms with Crippen molar-refractivity contribution in [1.82, 2.24) is 19.9 Å². The van der Waals surface area contributed by atoms with Crippen LogP contribution in [0.5, 0.6) is 0 Å². The molecule has 0 radical (unpaired) electrons. The Hall–Kier alpha value is -1.46. The minimum Gasteiger partial charge on any atom is -0.396 e. The molecule has 17 heavy (non-hydrogen) atoms. The zero-order valence-electron chi connectivity index (χ0n) is 10.2. The monoisotopic (exact) mass is 234 g/mol. The number of rotatable bonds is 5. The van der Waals surface area contributed by atoms with Crippen LogP contribution in [0, 0.1) is 12.8 Å². The molecular weight excluding hydrogens is 216 g/mol. The van der Waals surface area contributed by atoms with Gasteiger partial charge in [-0.2, -0.15) is 5.10 Å². The SMILES string of the molecule is Cc1cc2ncc(CNCC(C)CO)cn2n1. The van der Waals surface area contributed by atoms with Gasteiger partial charge in [-0.15, -0.1) is 0 Å². The highest BCUT2D eigenvalue weighted by Crippen LogP contribution is 2.04. The first kappa shape index (κ1) is 12.0. The number of aryl methyl sites for hydroxylation is 1. The summed E-state index contributed by atoms with van der Waals surface area (Å²) in [6, 6.07) is 1.95. The standard InChI is InChI=1S/C12H18N4O/c1-9(8-17)4-13-5-11-6-14-12-3-10(2)15-16(12)7-11/h3,6-7,9,13,17H,4-5,8H2,1-2H3. The average Bonchev–Trinajstić information content (AvgIpc) is 2.68. The Morgan fingerprint density at radius 2 is 2.35 bits per heavy atom. The minimum atomic E-state index is 0.211. The predicted octanol–water partition coefficient (Wildman–Crippen LogP) is 0.756. The van der Waals surface area contributed by atoms with E-state index in [1.807, 2.05) is 32.3 Å². The highest BCUT2D eigenvalue weighted by molar-refractivity contribution is 5.38. The van der Waals surface area contributed by atoms with Crippen molar-refractivity contribution in [3.63, 3.8) is 0 Å². The quantitative estimate of drug-likeness (QED) is 0.801. The second-order valence-corrected chi connectivity index (χ2v) is 4.47. The van der Waals surface area contributed by atoms with Crippen molar-refractivity contribution in [2.75, 3.05) is 13.2 Å². The van der Waals surface area contributed by atoms with Gasteiger partial charge in [-0.1, -0.05) is 6.92 Å². The summed E-state index contributed by atoms with van der Waals surface area (Å²) in [7, 11) is 0. The molecular formula is C12H18N4O. The lowest BCUT2D eigenvalue weighted by atomic mass is 10.2. The second kappa shape index (κ2) is 5.25. The number of aliphatic hydroxyl groups is 1. The summed E-state index contributed by atoms with van der Waals surface area (Å²) in [4.78, 5) is 4.33. The van der Waals surface area contributed by atoms with Crippen molar-refractivity contribution in [2.45, 2.75) is 20.4 Å². The number of hydrogen-bond donors (Lipinski definition) is 2. The third kappa shape index (κ3) is 3.01. The molecule has 92 valence electrons. The molecule has 0 bridgehead atoms. The van der Waals surface area contributed by atoms with E-state index in [0.29, 0.717) is 0 Å². The fraction of sp³-hybridized carbons (Fsp3) is 0.500. The van der Waals surface area contributed by atoms with E-state index in [-0.39, 0.29) is 12.5 Å². The maximum Gasteiger partial charge on any atom is 0.155 e. The maximum absolute atomic E-state index is 8.91.